The highest BCUT2D eigenvalue weighted by atomic mass is 16.5. The van der Waals surface area contributed by atoms with E-state index in [-0.39, 0.29) is 11.1 Å². The predicted molar refractivity (Wildman–Crippen MR) is 100 cm³/mol. The summed E-state index contributed by atoms with van der Waals surface area (Å²) in [5.41, 5.74) is 3.47. The molecule has 0 N–H and O–H groups in total. The van der Waals surface area contributed by atoms with E-state index in [1.54, 1.807) is 18.0 Å². The molecule has 2 aromatic carbocycles. The lowest BCUT2D eigenvalue weighted by Gasteiger charge is -2.09. The number of imidazole rings is 1. The maximum Gasteiger partial charge on any atom is 0.166 e. The maximum absolute atomic E-state index is 9.67. The fraction of sp³-hybridized carbons (Fsp3) is 0.0476. The summed E-state index contributed by atoms with van der Waals surface area (Å²) in [6.07, 6.45) is 1.61. The van der Waals surface area contributed by atoms with Crippen LogP contribution in [0.1, 0.15) is 11.1 Å². The quantitative estimate of drug-likeness (QED) is 0.559. The van der Waals surface area contributed by atoms with E-state index in [4.69, 9.17) is 9.72 Å². The first-order valence-corrected chi connectivity index (χ1v) is 8.18. The number of nitriles is 2. The lowest BCUT2D eigenvalue weighted by Crippen LogP contribution is -2.00. The first kappa shape index (κ1) is 16.3. The third-order valence-corrected chi connectivity index (χ3v) is 4.31. The zero-order valence-corrected chi connectivity index (χ0v) is 14.4. The summed E-state index contributed by atoms with van der Waals surface area (Å²) >= 11 is 0. The highest BCUT2D eigenvalue weighted by molar-refractivity contribution is 5.87. The Hall–Kier alpha value is -4.16. The fourth-order valence-corrected chi connectivity index (χ4v) is 2.98. The van der Waals surface area contributed by atoms with Gasteiger partial charge in [-0.15, -0.1) is 0 Å². The van der Waals surface area contributed by atoms with Crippen molar-refractivity contribution in [2.45, 2.75) is 0 Å². The minimum atomic E-state index is 0.230. The molecule has 6 nitrogen and oxygen atoms in total. The van der Waals surface area contributed by atoms with Crippen molar-refractivity contribution in [2.24, 2.45) is 0 Å². The van der Waals surface area contributed by atoms with E-state index in [0.29, 0.717) is 16.9 Å². The van der Waals surface area contributed by atoms with Gasteiger partial charge in [-0.2, -0.15) is 10.5 Å². The molecular formula is C21H13N5O. The number of fused-ring (bicyclic) bond motifs is 1. The first-order valence-electron chi connectivity index (χ1n) is 8.18. The normalized spacial score (nSPS) is 10.3. The minimum absolute atomic E-state index is 0.230. The molecule has 0 bridgehead atoms. The number of pyridine rings is 1. The van der Waals surface area contributed by atoms with Crippen molar-refractivity contribution in [3.8, 4) is 34.8 Å². The molecule has 0 aliphatic heterocycles. The smallest absolute Gasteiger partial charge is 0.166 e. The molecule has 0 aliphatic carbocycles. The molecule has 0 radical (unpaired) electrons. The van der Waals surface area contributed by atoms with Gasteiger partial charge in [0.25, 0.3) is 0 Å². The van der Waals surface area contributed by atoms with Crippen molar-refractivity contribution in [1.29, 1.82) is 10.5 Å². The number of methoxy groups -OCH3 is 1. The molecule has 27 heavy (non-hydrogen) atoms. The van der Waals surface area contributed by atoms with Crippen LogP contribution in [-0.4, -0.2) is 21.6 Å². The zero-order valence-electron chi connectivity index (χ0n) is 14.4. The Morgan fingerprint density at radius 3 is 2.26 bits per heavy atom. The molecule has 0 aliphatic rings. The largest absolute Gasteiger partial charge is 0.497 e. The maximum atomic E-state index is 9.67. The summed E-state index contributed by atoms with van der Waals surface area (Å²) in [5, 5.41) is 19.3. The highest BCUT2D eigenvalue weighted by Crippen LogP contribution is 2.30. The second-order valence-corrected chi connectivity index (χ2v) is 5.78. The molecule has 4 rings (SSSR count). The van der Waals surface area contributed by atoms with Crippen molar-refractivity contribution >= 4 is 11.2 Å². The predicted octanol–water partition coefficient (Wildman–Crippen LogP) is 3.84. The Kier molecular flexibility index (Phi) is 4.00. The molecule has 0 saturated carbocycles. The summed E-state index contributed by atoms with van der Waals surface area (Å²) in [6.45, 7) is 0. The molecule has 128 valence electrons. The van der Waals surface area contributed by atoms with Crippen LogP contribution >= 0.6 is 0 Å². The highest BCUT2D eigenvalue weighted by Gasteiger charge is 2.20. The van der Waals surface area contributed by atoms with E-state index >= 15 is 0 Å². The van der Waals surface area contributed by atoms with Crippen LogP contribution in [0.5, 0.6) is 5.75 Å². The van der Waals surface area contributed by atoms with Crippen LogP contribution in [0.15, 0.2) is 60.9 Å². The zero-order chi connectivity index (χ0) is 18.8. The van der Waals surface area contributed by atoms with Gasteiger partial charge in [0, 0.05) is 11.3 Å². The molecular weight excluding hydrogens is 338 g/mol. The van der Waals surface area contributed by atoms with E-state index in [0.717, 1.165) is 17.0 Å². The fourth-order valence-electron chi connectivity index (χ4n) is 2.98. The van der Waals surface area contributed by atoms with Crippen LogP contribution in [-0.2, 0) is 0 Å². The van der Waals surface area contributed by atoms with Crippen molar-refractivity contribution in [3.63, 3.8) is 0 Å². The minimum Gasteiger partial charge on any atom is -0.497 e. The summed E-state index contributed by atoms with van der Waals surface area (Å²) < 4.78 is 6.99. The molecule has 4 aromatic rings. The third kappa shape index (κ3) is 2.66. The van der Waals surface area contributed by atoms with Gasteiger partial charge in [-0.1, -0.05) is 30.3 Å². The molecule has 0 amide bonds. The molecule has 0 fully saturated rings. The van der Waals surface area contributed by atoms with Crippen molar-refractivity contribution in [1.82, 2.24) is 14.5 Å². The Morgan fingerprint density at radius 2 is 1.63 bits per heavy atom. The molecule has 2 heterocycles. The van der Waals surface area contributed by atoms with E-state index in [2.05, 4.69) is 17.1 Å². The van der Waals surface area contributed by atoms with Gasteiger partial charge in [-0.25, -0.2) is 9.97 Å². The monoisotopic (exact) mass is 351 g/mol. The molecule has 0 saturated heterocycles. The number of hydrogen-bond donors (Lipinski definition) is 0. The Bertz CT molecular complexity index is 1210. The number of ether oxygens (including phenoxy) is 1. The molecule has 0 spiro atoms. The van der Waals surface area contributed by atoms with Crippen LogP contribution < -0.4 is 4.74 Å². The number of hydrogen-bond acceptors (Lipinski definition) is 5. The van der Waals surface area contributed by atoms with Crippen molar-refractivity contribution in [2.75, 3.05) is 7.11 Å². The Labute approximate surface area is 155 Å². The summed E-state index contributed by atoms with van der Waals surface area (Å²) in [7, 11) is 1.61. The Morgan fingerprint density at radius 1 is 0.926 bits per heavy atom. The first-order chi connectivity index (χ1) is 13.3. The average molecular weight is 351 g/mol. The van der Waals surface area contributed by atoms with Gasteiger partial charge in [-0.3, -0.25) is 4.57 Å². The van der Waals surface area contributed by atoms with Gasteiger partial charge in [0.2, 0.25) is 0 Å². The van der Waals surface area contributed by atoms with E-state index < -0.39 is 0 Å². The number of benzene rings is 2. The Balaban J connectivity index is 2.02. The van der Waals surface area contributed by atoms with Crippen LogP contribution in [0.2, 0.25) is 0 Å². The number of rotatable bonds is 3. The van der Waals surface area contributed by atoms with Crippen molar-refractivity contribution < 1.29 is 4.74 Å². The summed E-state index contributed by atoms with van der Waals surface area (Å²) in [6, 6.07) is 21.1. The molecule has 2 aromatic heterocycles. The van der Waals surface area contributed by atoms with Gasteiger partial charge < -0.3 is 4.74 Å². The van der Waals surface area contributed by atoms with Gasteiger partial charge >= 0.3 is 0 Å². The van der Waals surface area contributed by atoms with Gasteiger partial charge in [0.05, 0.1) is 18.4 Å². The topological polar surface area (TPSA) is 87.5 Å². The van der Waals surface area contributed by atoms with Gasteiger partial charge in [0.15, 0.2) is 5.65 Å². The van der Waals surface area contributed by atoms with Crippen LogP contribution in [0.25, 0.3) is 28.1 Å². The van der Waals surface area contributed by atoms with E-state index in [1.807, 2.05) is 54.6 Å². The SMILES string of the molecule is COc1ccc(-n2cnc3c(C#N)c(C#N)c(-c4ccccc4)nc32)cc1. The number of nitrogens with zero attached hydrogens (tertiary/aromatic N) is 5. The standard InChI is InChI=1S/C21H13N5O/c1-27-16-9-7-15(8-10-16)26-13-24-20-18(12-23)17(11-22)19(25-21(20)26)14-5-3-2-4-6-14/h2-10,13H,1H3. The van der Waals surface area contributed by atoms with Gasteiger partial charge in [0.1, 0.15) is 35.3 Å². The van der Waals surface area contributed by atoms with E-state index in [9.17, 15) is 10.5 Å². The van der Waals surface area contributed by atoms with E-state index in [1.165, 1.54) is 0 Å². The van der Waals surface area contributed by atoms with Crippen molar-refractivity contribution in [3.05, 3.63) is 72.1 Å². The van der Waals surface area contributed by atoms with Crippen LogP contribution in [0.3, 0.4) is 0 Å². The molecule has 0 atom stereocenters. The average Bonchev–Trinajstić information content (AvgIpc) is 3.16. The lowest BCUT2D eigenvalue weighted by atomic mass is 10.0. The second-order valence-electron chi connectivity index (χ2n) is 5.78. The second kappa shape index (κ2) is 6.62. The molecule has 6 heteroatoms. The summed E-state index contributed by atoms with van der Waals surface area (Å²) in [5.74, 6) is 0.741. The lowest BCUT2D eigenvalue weighted by molar-refractivity contribution is 0.415. The third-order valence-electron chi connectivity index (χ3n) is 4.31. The van der Waals surface area contributed by atoms with Gasteiger partial charge in [-0.05, 0) is 24.3 Å². The summed E-state index contributed by atoms with van der Waals surface area (Å²) in [4.78, 5) is 9.05. The number of aromatic nitrogens is 3. The van der Waals surface area contributed by atoms with Crippen LogP contribution in [0, 0.1) is 22.7 Å². The molecule has 0 unspecified atom stereocenters. The van der Waals surface area contributed by atoms with Crippen LogP contribution in [0.4, 0.5) is 0 Å².